The summed E-state index contributed by atoms with van der Waals surface area (Å²) in [6.45, 7) is 7.12. The number of primary amides is 1. The lowest BCUT2D eigenvalue weighted by atomic mass is 9.89. The summed E-state index contributed by atoms with van der Waals surface area (Å²) in [5, 5.41) is 4.41. The van der Waals surface area contributed by atoms with Gasteiger partial charge in [-0.3, -0.25) is 9.59 Å². The highest BCUT2D eigenvalue weighted by atomic mass is 19.4. The smallest absolute Gasteiger partial charge is 0.381 e. The number of hydrogen-bond donors (Lipinski definition) is 3. The molecule has 2 unspecified atom stereocenters. The zero-order valence-corrected chi connectivity index (χ0v) is 27.1. The van der Waals surface area contributed by atoms with Crippen molar-refractivity contribution in [1.29, 1.82) is 0 Å². The number of fused-ring (bicyclic) bond motifs is 1. The predicted octanol–water partition coefficient (Wildman–Crippen LogP) is 4.03. The van der Waals surface area contributed by atoms with Crippen LogP contribution in [-0.2, 0) is 27.4 Å². The molecule has 1 amide bonds. The van der Waals surface area contributed by atoms with Crippen LogP contribution in [0.3, 0.4) is 0 Å². The topological polar surface area (TPSA) is 130 Å². The van der Waals surface area contributed by atoms with Crippen molar-refractivity contribution in [3.63, 3.8) is 0 Å². The molecular weight excluding hydrogens is 601 g/mol. The molecule has 10 nitrogen and oxygen atoms in total. The number of alkyl halides is 3. The van der Waals surface area contributed by atoms with E-state index in [9.17, 15) is 18.0 Å². The summed E-state index contributed by atoms with van der Waals surface area (Å²) >= 11 is 0. The predicted molar refractivity (Wildman–Crippen MR) is 175 cm³/mol. The average Bonchev–Trinajstić information content (AvgIpc) is 3.55. The Morgan fingerprint density at radius 1 is 1.11 bits per heavy atom. The summed E-state index contributed by atoms with van der Waals surface area (Å²) in [4.78, 5) is 21.9. The van der Waals surface area contributed by atoms with Crippen LogP contribution in [0.15, 0.2) is 36.7 Å². The molecule has 0 bridgehead atoms. The van der Waals surface area contributed by atoms with E-state index in [4.69, 9.17) is 14.3 Å². The van der Waals surface area contributed by atoms with E-state index in [-0.39, 0.29) is 12.5 Å². The van der Waals surface area contributed by atoms with Gasteiger partial charge in [0.25, 0.3) is 0 Å². The molecule has 0 saturated carbocycles. The monoisotopic (exact) mass is 648 g/mol. The lowest BCUT2D eigenvalue weighted by Gasteiger charge is -2.38. The Balaban J connectivity index is 0.00000139. The van der Waals surface area contributed by atoms with Crippen molar-refractivity contribution < 1.29 is 32.2 Å². The molecule has 0 spiro atoms. The molecule has 254 valence electrons. The van der Waals surface area contributed by atoms with Crippen molar-refractivity contribution in [1.82, 2.24) is 14.0 Å². The summed E-state index contributed by atoms with van der Waals surface area (Å²) in [5.41, 5.74) is 12.0. The minimum atomic E-state index is -4.34. The number of nitrogens with two attached hydrogens (primary N) is 2. The molecule has 3 heterocycles. The first-order valence-corrected chi connectivity index (χ1v) is 15.2. The fourth-order valence-electron chi connectivity index (χ4n) is 5.51. The molecular formula is C33H47F3N6O4. The molecule has 4 rings (SSSR count). The van der Waals surface area contributed by atoms with E-state index < -0.39 is 12.7 Å². The number of anilines is 1. The van der Waals surface area contributed by atoms with E-state index in [1.165, 1.54) is 11.6 Å². The number of aldehydes is 1. The van der Waals surface area contributed by atoms with Crippen LogP contribution >= 0.6 is 0 Å². The molecule has 1 aliphatic heterocycles. The number of carbonyl (C=O) groups is 2. The highest BCUT2D eigenvalue weighted by Crippen LogP contribution is 2.32. The second-order valence-corrected chi connectivity index (χ2v) is 10.8. The zero-order chi connectivity index (χ0) is 34.1. The van der Waals surface area contributed by atoms with Crippen LogP contribution < -0.4 is 16.8 Å². The second-order valence-electron chi connectivity index (χ2n) is 10.8. The number of piperidine rings is 1. The van der Waals surface area contributed by atoms with Gasteiger partial charge in [-0.15, -0.1) is 0 Å². The van der Waals surface area contributed by atoms with Crippen molar-refractivity contribution in [2.24, 2.45) is 17.4 Å². The first kappa shape index (κ1) is 38.4. The largest absolute Gasteiger partial charge is 0.406 e. The van der Waals surface area contributed by atoms with Gasteiger partial charge >= 0.3 is 6.18 Å². The average molecular weight is 649 g/mol. The molecule has 1 fully saturated rings. The molecule has 5 N–H and O–H groups in total. The van der Waals surface area contributed by atoms with Gasteiger partial charge in [-0.1, -0.05) is 12.0 Å². The Bertz CT molecular complexity index is 1430. The van der Waals surface area contributed by atoms with Crippen LogP contribution in [-0.4, -0.2) is 92.6 Å². The number of carbonyl (C=O) groups excluding carboxylic acids is 2. The number of nitrogens with zero attached hydrogens (tertiary/aromatic N) is 3. The van der Waals surface area contributed by atoms with Crippen molar-refractivity contribution in [2.45, 2.75) is 52.0 Å². The third-order valence-electron chi connectivity index (χ3n) is 7.56. The van der Waals surface area contributed by atoms with Gasteiger partial charge in [0, 0.05) is 54.8 Å². The van der Waals surface area contributed by atoms with Crippen LogP contribution in [0.5, 0.6) is 0 Å². The standard InChI is InChI=1S/C31H39F3N4O3.CH3NO.CH5N/c1-4-6-26-17-27-29(7-5-8-30(27)38(26)22-31(32,33)34)35-28-9-11-36(3)19-24(28)10-13-40-15-16-41-14-12-37-18-23(2)25(20-37)21-39;2-1-3;1-2/h5,7-8,17-18,20-21,24,28,35H,9-16,19,22H2,1-3H3;1H,(H2,2,3);2H2,1H3. The Morgan fingerprint density at radius 3 is 2.43 bits per heavy atom. The van der Waals surface area contributed by atoms with Gasteiger partial charge in [0.1, 0.15) is 6.54 Å². The van der Waals surface area contributed by atoms with Crippen LogP contribution in [0.1, 0.15) is 41.4 Å². The molecule has 1 saturated heterocycles. The van der Waals surface area contributed by atoms with Gasteiger partial charge in [0.2, 0.25) is 6.41 Å². The highest BCUT2D eigenvalue weighted by Gasteiger charge is 2.31. The molecule has 1 aromatic carbocycles. The van der Waals surface area contributed by atoms with E-state index in [0.717, 1.165) is 48.9 Å². The Morgan fingerprint density at radius 2 is 1.80 bits per heavy atom. The van der Waals surface area contributed by atoms with Gasteiger partial charge in [0.05, 0.1) is 31.0 Å². The molecule has 0 aliphatic carbocycles. The zero-order valence-electron chi connectivity index (χ0n) is 27.1. The highest BCUT2D eigenvalue weighted by molar-refractivity contribution is 5.94. The quantitative estimate of drug-likeness (QED) is 0.145. The molecule has 13 heteroatoms. The van der Waals surface area contributed by atoms with Gasteiger partial charge in [0.15, 0.2) is 6.29 Å². The van der Waals surface area contributed by atoms with Gasteiger partial charge in [-0.25, -0.2) is 0 Å². The summed E-state index contributed by atoms with van der Waals surface area (Å²) < 4.78 is 54.8. The molecule has 46 heavy (non-hydrogen) atoms. The van der Waals surface area contributed by atoms with Crippen LogP contribution in [0.25, 0.3) is 10.9 Å². The maximum Gasteiger partial charge on any atom is 0.406 e. The number of ether oxygens (including phenoxy) is 2. The van der Waals surface area contributed by atoms with Crippen LogP contribution in [0.2, 0.25) is 0 Å². The summed E-state index contributed by atoms with van der Waals surface area (Å²) in [6.07, 6.45) is 2.31. The molecule has 1 aliphatic rings. The van der Waals surface area contributed by atoms with Crippen LogP contribution in [0, 0.1) is 24.7 Å². The molecule has 2 aromatic heterocycles. The summed E-state index contributed by atoms with van der Waals surface area (Å²) in [6, 6.07) is 7.38. The van der Waals surface area contributed by atoms with E-state index in [1.54, 1.807) is 25.1 Å². The fraction of sp³-hybridized carbons (Fsp3) is 0.515. The Hall–Kier alpha value is -3.83. The number of amides is 1. The van der Waals surface area contributed by atoms with E-state index in [0.29, 0.717) is 55.7 Å². The summed E-state index contributed by atoms with van der Waals surface area (Å²) in [5.74, 6) is 5.90. The molecule has 3 aromatic rings. The number of likely N-dealkylation sites (tertiary alicyclic amines) is 1. The number of hydrogen-bond acceptors (Lipinski definition) is 7. The van der Waals surface area contributed by atoms with Gasteiger partial charge in [-0.05, 0) is 82.9 Å². The lowest BCUT2D eigenvalue weighted by molar-refractivity contribution is -0.140. The van der Waals surface area contributed by atoms with E-state index >= 15 is 0 Å². The Kier molecular flexibility index (Phi) is 16.4. The van der Waals surface area contributed by atoms with Crippen molar-refractivity contribution >= 4 is 29.3 Å². The SMILES string of the molecule is CC#Cc1cc2c(NC3CCN(C)CC3CCOCCOCCn3cc(C)c(C=O)c3)cccc2n1CC(F)(F)F.CN.NC=O. The maximum absolute atomic E-state index is 13.3. The maximum atomic E-state index is 13.3. The third-order valence-corrected chi connectivity index (χ3v) is 7.56. The third kappa shape index (κ3) is 11.8. The lowest BCUT2D eigenvalue weighted by Crippen LogP contribution is -2.45. The van der Waals surface area contributed by atoms with Gasteiger partial charge in [-0.2, -0.15) is 13.2 Å². The number of aryl methyl sites for hydroxylation is 1. The van der Waals surface area contributed by atoms with E-state index in [2.05, 4.69) is 40.6 Å². The fourth-order valence-corrected chi connectivity index (χ4v) is 5.51. The van der Waals surface area contributed by atoms with Crippen molar-refractivity contribution in [2.75, 3.05) is 58.9 Å². The number of halogens is 3. The first-order valence-electron chi connectivity index (χ1n) is 15.2. The summed E-state index contributed by atoms with van der Waals surface area (Å²) in [7, 11) is 3.61. The normalized spacial score (nSPS) is 16.3. The van der Waals surface area contributed by atoms with Crippen molar-refractivity contribution in [3.05, 3.63) is 53.5 Å². The van der Waals surface area contributed by atoms with Gasteiger partial charge < -0.3 is 40.3 Å². The number of aromatic nitrogens is 2. The number of benzene rings is 1. The van der Waals surface area contributed by atoms with Crippen LogP contribution in [0.4, 0.5) is 18.9 Å². The number of nitrogens with one attached hydrogen (secondary N) is 1. The van der Waals surface area contributed by atoms with Crippen molar-refractivity contribution in [3.8, 4) is 11.8 Å². The Labute approximate surface area is 269 Å². The second kappa shape index (κ2) is 19.6. The molecule has 0 radical (unpaired) electrons. The minimum Gasteiger partial charge on any atom is -0.381 e. The van der Waals surface area contributed by atoms with E-state index in [1.807, 2.05) is 30.0 Å². The first-order chi connectivity index (χ1) is 22.1. The molecule has 2 atom stereocenters. The number of rotatable bonds is 13. The minimum absolute atomic E-state index is 0.171.